The molecule has 7 heteroatoms. The number of carbonyl (C=O) groups is 3. The third kappa shape index (κ3) is 3.78. The van der Waals surface area contributed by atoms with Crippen molar-refractivity contribution in [1.82, 2.24) is 5.32 Å². The van der Waals surface area contributed by atoms with E-state index in [1.807, 2.05) is 0 Å². The Labute approximate surface area is 103 Å². The van der Waals surface area contributed by atoms with Crippen molar-refractivity contribution in [2.45, 2.75) is 12.5 Å². The number of hydrogen-bond donors (Lipinski definition) is 4. The highest BCUT2D eigenvalue weighted by Crippen LogP contribution is 2.07. The van der Waals surface area contributed by atoms with Crippen LogP contribution in [0.15, 0.2) is 24.3 Å². The van der Waals surface area contributed by atoms with Gasteiger partial charge in [0, 0.05) is 11.3 Å². The van der Waals surface area contributed by atoms with Gasteiger partial charge in [0.1, 0.15) is 6.04 Å². The van der Waals surface area contributed by atoms with Crippen molar-refractivity contribution < 1.29 is 19.5 Å². The molecule has 1 aromatic carbocycles. The molecule has 6 N–H and O–H groups in total. The van der Waals surface area contributed by atoms with Crippen LogP contribution in [0.25, 0.3) is 0 Å². The molecule has 0 aliphatic heterocycles. The number of anilines is 1. The summed E-state index contributed by atoms with van der Waals surface area (Å²) in [7, 11) is 0. The summed E-state index contributed by atoms with van der Waals surface area (Å²) in [5.41, 5.74) is 11.0. The highest BCUT2D eigenvalue weighted by molar-refractivity contribution is 5.98. The summed E-state index contributed by atoms with van der Waals surface area (Å²) in [6, 6.07) is 4.69. The SMILES string of the molecule is NC(=O)CC(NC(=O)c1cccc(N)c1)C(=O)O. The zero-order chi connectivity index (χ0) is 13.7. The number of nitrogens with one attached hydrogen (secondary N) is 1. The second-order valence-electron chi connectivity index (χ2n) is 3.66. The summed E-state index contributed by atoms with van der Waals surface area (Å²) in [5.74, 6) is -2.77. The Morgan fingerprint density at radius 3 is 2.50 bits per heavy atom. The Hall–Kier alpha value is -2.57. The standard InChI is InChI=1S/C11H13N3O4/c12-7-3-1-2-6(4-7)10(16)14-8(11(17)18)5-9(13)15/h1-4,8H,5,12H2,(H2,13,15)(H,14,16)(H,17,18). The van der Waals surface area contributed by atoms with Crippen LogP contribution in [0.5, 0.6) is 0 Å². The third-order valence-corrected chi connectivity index (χ3v) is 2.16. The molecular weight excluding hydrogens is 238 g/mol. The summed E-state index contributed by atoms with van der Waals surface area (Å²) in [4.78, 5) is 33.2. The summed E-state index contributed by atoms with van der Waals surface area (Å²) in [6.07, 6.45) is -0.469. The number of nitrogens with two attached hydrogens (primary N) is 2. The molecule has 1 atom stereocenters. The molecule has 96 valence electrons. The first-order valence-corrected chi connectivity index (χ1v) is 5.07. The predicted octanol–water partition coefficient (Wildman–Crippen LogP) is -0.673. The molecule has 0 saturated carbocycles. The van der Waals surface area contributed by atoms with Gasteiger partial charge in [0.25, 0.3) is 5.91 Å². The van der Waals surface area contributed by atoms with Gasteiger partial charge in [0.15, 0.2) is 0 Å². The average molecular weight is 251 g/mol. The maximum atomic E-state index is 11.7. The number of carboxylic acids is 1. The molecule has 1 aromatic rings. The number of nitrogen functional groups attached to an aromatic ring is 1. The van der Waals surface area contributed by atoms with Crippen LogP contribution in [0, 0.1) is 0 Å². The van der Waals surface area contributed by atoms with E-state index in [1.165, 1.54) is 12.1 Å². The Bertz CT molecular complexity index is 487. The molecule has 0 aliphatic carbocycles. The van der Waals surface area contributed by atoms with Crippen molar-refractivity contribution in [3.8, 4) is 0 Å². The Morgan fingerprint density at radius 2 is 2.00 bits per heavy atom. The molecule has 0 aliphatic rings. The molecule has 0 radical (unpaired) electrons. The molecule has 0 aromatic heterocycles. The Morgan fingerprint density at radius 1 is 1.33 bits per heavy atom. The lowest BCUT2D eigenvalue weighted by Crippen LogP contribution is -2.43. The van der Waals surface area contributed by atoms with Gasteiger partial charge >= 0.3 is 5.97 Å². The fourth-order valence-electron chi connectivity index (χ4n) is 1.32. The molecule has 0 spiro atoms. The van der Waals surface area contributed by atoms with Crippen LogP contribution in [0.2, 0.25) is 0 Å². The number of benzene rings is 1. The minimum Gasteiger partial charge on any atom is -0.480 e. The van der Waals surface area contributed by atoms with Crippen molar-refractivity contribution in [3.05, 3.63) is 29.8 Å². The smallest absolute Gasteiger partial charge is 0.326 e. The summed E-state index contributed by atoms with van der Waals surface area (Å²) in [6.45, 7) is 0. The van der Waals surface area contributed by atoms with E-state index in [0.717, 1.165) is 0 Å². The third-order valence-electron chi connectivity index (χ3n) is 2.16. The van der Waals surface area contributed by atoms with E-state index < -0.39 is 30.2 Å². The highest BCUT2D eigenvalue weighted by Gasteiger charge is 2.22. The molecule has 0 fully saturated rings. The van der Waals surface area contributed by atoms with Gasteiger partial charge in [-0.25, -0.2) is 4.79 Å². The zero-order valence-electron chi connectivity index (χ0n) is 9.42. The molecule has 2 amide bonds. The molecule has 18 heavy (non-hydrogen) atoms. The van der Waals surface area contributed by atoms with Gasteiger partial charge < -0.3 is 21.9 Å². The monoisotopic (exact) mass is 251 g/mol. The van der Waals surface area contributed by atoms with Crippen molar-refractivity contribution in [1.29, 1.82) is 0 Å². The van der Waals surface area contributed by atoms with Crippen LogP contribution >= 0.6 is 0 Å². The second kappa shape index (κ2) is 5.67. The molecule has 1 rings (SSSR count). The first kappa shape index (κ1) is 13.5. The quantitative estimate of drug-likeness (QED) is 0.514. The van der Waals surface area contributed by atoms with Crippen molar-refractivity contribution in [3.63, 3.8) is 0 Å². The van der Waals surface area contributed by atoms with E-state index in [0.29, 0.717) is 5.69 Å². The Kier molecular flexibility index (Phi) is 4.25. The summed E-state index contributed by atoms with van der Waals surface area (Å²) >= 11 is 0. The van der Waals surface area contributed by atoms with E-state index in [2.05, 4.69) is 5.32 Å². The summed E-state index contributed by atoms with van der Waals surface area (Å²) < 4.78 is 0. The lowest BCUT2D eigenvalue weighted by atomic mass is 10.1. The van der Waals surface area contributed by atoms with Gasteiger partial charge in [-0.2, -0.15) is 0 Å². The van der Waals surface area contributed by atoms with Gasteiger partial charge in [-0.15, -0.1) is 0 Å². The number of rotatable bonds is 5. The van der Waals surface area contributed by atoms with Gasteiger partial charge in [0.2, 0.25) is 5.91 Å². The number of aliphatic carboxylic acids is 1. The minimum absolute atomic E-state index is 0.214. The lowest BCUT2D eigenvalue weighted by molar-refractivity contribution is -0.140. The minimum atomic E-state index is -1.35. The van der Waals surface area contributed by atoms with Crippen molar-refractivity contribution in [2.24, 2.45) is 5.73 Å². The van der Waals surface area contributed by atoms with Crippen LogP contribution in [-0.4, -0.2) is 28.9 Å². The Balaban J connectivity index is 2.78. The van der Waals surface area contributed by atoms with E-state index in [4.69, 9.17) is 16.6 Å². The fourth-order valence-corrected chi connectivity index (χ4v) is 1.32. The molecular formula is C11H13N3O4. The predicted molar refractivity (Wildman–Crippen MR) is 63.6 cm³/mol. The van der Waals surface area contributed by atoms with E-state index in [9.17, 15) is 14.4 Å². The topological polar surface area (TPSA) is 136 Å². The molecule has 1 unspecified atom stereocenters. The average Bonchev–Trinajstić information content (AvgIpc) is 2.27. The van der Waals surface area contributed by atoms with Gasteiger partial charge in [-0.05, 0) is 18.2 Å². The zero-order valence-corrected chi connectivity index (χ0v) is 9.42. The normalized spacial score (nSPS) is 11.6. The van der Waals surface area contributed by atoms with E-state index >= 15 is 0 Å². The van der Waals surface area contributed by atoms with Crippen LogP contribution in [-0.2, 0) is 9.59 Å². The number of carbonyl (C=O) groups excluding carboxylic acids is 2. The van der Waals surface area contributed by atoms with Crippen molar-refractivity contribution in [2.75, 3.05) is 5.73 Å². The van der Waals surface area contributed by atoms with Gasteiger partial charge in [-0.1, -0.05) is 6.07 Å². The first-order valence-electron chi connectivity index (χ1n) is 5.07. The van der Waals surface area contributed by atoms with Crippen LogP contribution in [0.3, 0.4) is 0 Å². The van der Waals surface area contributed by atoms with Crippen LogP contribution < -0.4 is 16.8 Å². The molecule has 0 bridgehead atoms. The summed E-state index contributed by atoms with van der Waals surface area (Å²) in [5, 5.41) is 11.0. The molecule has 0 saturated heterocycles. The van der Waals surface area contributed by atoms with Crippen molar-refractivity contribution >= 4 is 23.5 Å². The lowest BCUT2D eigenvalue weighted by Gasteiger charge is -2.12. The number of primary amides is 1. The second-order valence-corrected chi connectivity index (χ2v) is 3.66. The number of amides is 2. The highest BCUT2D eigenvalue weighted by atomic mass is 16.4. The van der Waals surface area contributed by atoms with Crippen LogP contribution in [0.4, 0.5) is 5.69 Å². The fraction of sp³-hybridized carbons (Fsp3) is 0.182. The van der Waals surface area contributed by atoms with E-state index in [1.54, 1.807) is 12.1 Å². The van der Waals surface area contributed by atoms with E-state index in [-0.39, 0.29) is 5.56 Å². The van der Waals surface area contributed by atoms with Gasteiger partial charge in [-0.3, -0.25) is 9.59 Å². The largest absolute Gasteiger partial charge is 0.480 e. The first-order chi connectivity index (χ1) is 8.40. The maximum absolute atomic E-state index is 11.7. The number of hydrogen-bond acceptors (Lipinski definition) is 4. The molecule has 7 nitrogen and oxygen atoms in total. The number of carboxylic acid groups (broad SMARTS) is 1. The van der Waals surface area contributed by atoms with Gasteiger partial charge in [0.05, 0.1) is 6.42 Å². The molecule has 0 heterocycles. The maximum Gasteiger partial charge on any atom is 0.326 e. The van der Waals surface area contributed by atoms with Crippen LogP contribution in [0.1, 0.15) is 16.8 Å².